The zero-order valence-electron chi connectivity index (χ0n) is 19.4. The average Bonchev–Trinajstić information content (AvgIpc) is 2.65. The lowest BCUT2D eigenvalue weighted by Gasteiger charge is -2.20. The highest BCUT2D eigenvalue weighted by molar-refractivity contribution is 9.10. The molecule has 4 heteroatoms. The van der Waals surface area contributed by atoms with Crippen molar-refractivity contribution in [1.82, 2.24) is 0 Å². The van der Waals surface area contributed by atoms with E-state index in [1.54, 1.807) is 0 Å². The van der Waals surface area contributed by atoms with Crippen LogP contribution in [-0.2, 0) is 10.2 Å². The molecule has 0 saturated carbocycles. The van der Waals surface area contributed by atoms with Gasteiger partial charge in [-0.3, -0.25) is 4.79 Å². The van der Waals surface area contributed by atoms with E-state index in [0.29, 0.717) is 31.3 Å². The first-order chi connectivity index (χ1) is 14.0. The molecule has 2 rings (SSSR count). The van der Waals surface area contributed by atoms with Crippen molar-refractivity contribution in [3.8, 4) is 5.75 Å². The molecule has 0 aliphatic rings. The maximum absolute atomic E-state index is 12.6. The molecule has 0 bridgehead atoms. The minimum absolute atomic E-state index is 0.0377. The molecule has 0 radical (unpaired) electrons. The SMILES string of the molecule is CC(C)c1cccc(C(C)C)c1NC(=O)CCCOc1ccc(C(C)(C)C)cc1Br. The van der Waals surface area contributed by atoms with Gasteiger partial charge in [0.15, 0.2) is 0 Å². The van der Waals surface area contributed by atoms with Gasteiger partial charge in [-0.1, -0.05) is 72.7 Å². The maximum atomic E-state index is 12.6. The predicted octanol–water partition coefficient (Wildman–Crippen LogP) is 7.79. The molecule has 2 aromatic carbocycles. The number of hydrogen-bond acceptors (Lipinski definition) is 2. The lowest BCUT2D eigenvalue weighted by Crippen LogP contribution is -2.16. The summed E-state index contributed by atoms with van der Waals surface area (Å²) in [5, 5.41) is 3.17. The van der Waals surface area contributed by atoms with Crippen molar-refractivity contribution in [2.24, 2.45) is 0 Å². The van der Waals surface area contributed by atoms with Crippen molar-refractivity contribution in [2.45, 2.75) is 78.6 Å². The number of amides is 1. The van der Waals surface area contributed by atoms with Crippen LogP contribution in [0.1, 0.15) is 89.8 Å². The van der Waals surface area contributed by atoms with Crippen molar-refractivity contribution in [2.75, 3.05) is 11.9 Å². The van der Waals surface area contributed by atoms with Crippen LogP contribution < -0.4 is 10.1 Å². The third-order valence-corrected chi connectivity index (χ3v) is 5.86. The summed E-state index contributed by atoms with van der Waals surface area (Å²) in [6.45, 7) is 15.7. The molecule has 0 aromatic heterocycles. The van der Waals surface area contributed by atoms with E-state index in [2.05, 4.69) is 100 Å². The number of hydrogen-bond donors (Lipinski definition) is 1. The van der Waals surface area contributed by atoms with Crippen molar-refractivity contribution in [3.05, 3.63) is 57.6 Å². The smallest absolute Gasteiger partial charge is 0.224 e. The standard InChI is InChI=1S/C26H36BrNO2/c1-17(2)20-10-8-11-21(18(3)4)25(20)28-24(29)12-9-15-30-23-14-13-19(16-22(23)27)26(5,6)7/h8,10-11,13-14,16-18H,9,12,15H2,1-7H3,(H,28,29). The minimum atomic E-state index is 0.0377. The van der Waals surface area contributed by atoms with Crippen molar-refractivity contribution in [1.29, 1.82) is 0 Å². The van der Waals surface area contributed by atoms with Crippen LogP contribution in [0.5, 0.6) is 5.75 Å². The molecular weight excluding hydrogens is 438 g/mol. The number of para-hydroxylation sites is 1. The largest absolute Gasteiger partial charge is 0.492 e. The van der Waals surface area contributed by atoms with Gasteiger partial charge in [-0.15, -0.1) is 0 Å². The molecule has 1 amide bonds. The average molecular weight is 474 g/mol. The molecule has 2 aromatic rings. The zero-order chi connectivity index (χ0) is 22.5. The summed E-state index contributed by atoms with van der Waals surface area (Å²) in [5.41, 5.74) is 4.71. The lowest BCUT2D eigenvalue weighted by molar-refractivity contribution is -0.116. The van der Waals surface area contributed by atoms with Crippen LogP contribution in [0.4, 0.5) is 5.69 Å². The third-order valence-electron chi connectivity index (χ3n) is 5.24. The Bertz CT molecular complexity index is 840. The monoisotopic (exact) mass is 473 g/mol. The van der Waals surface area contributed by atoms with Crippen LogP contribution >= 0.6 is 15.9 Å². The van der Waals surface area contributed by atoms with Gasteiger partial charge < -0.3 is 10.1 Å². The van der Waals surface area contributed by atoms with Gasteiger partial charge in [-0.05, 0) is 68.4 Å². The molecule has 30 heavy (non-hydrogen) atoms. The van der Waals surface area contributed by atoms with E-state index in [-0.39, 0.29) is 11.3 Å². The first-order valence-corrected chi connectivity index (χ1v) is 11.7. The predicted molar refractivity (Wildman–Crippen MR) is 131 cm³/mol. The van der Waals surface area contributed by atoms with Crippen molar-refractivity contribution < 1.29 is 9.53 Å². The molecule has 1 N–H and O–H groups in total. The summed E-state index contributed by atoms with van der Waals surface area (Å²) < 4.78 is 6.85. The van der Waals surface area contributed by atoms with Crippen LogP contribution in [0.25, 0.3) is 0 Å². The topological polar surface area (TPSA) is 38.3 Å². The Balaban J connectivity index is 1.94. The quantitative estimate of drug-likeness (QED) is 0.397. The summed E-state index contributed by atoms with van der Waals surface area (Å²) >= 11 is 3.60. The molecule has 0 saturated heterocycles. The first-order valence-electron chi connectivity index (χ1n) is 10.9. The van der Waals surface area contributed by atoms with E-state index in [0.717, 1.165) is 15.9 Å². The Hall–Kier alpha value is -1.81. The fraction of sp³-hybridized carbons (Fsp3) is 0.500. The number of carbonyl (C=O) groups excluding carboxylic acids is 1. The van der Waals surface area contributed by atoms with Crippen LogP contribution in [0.15, 0.2) is 40.9 Å². The van der Waals surface area contributed by atoms with Gasteiger partial charge in [0.05, 0.1) is 11.1 Å². The Morgan fingerprint density at radius 1 is 1.03 bits per heavy atom. The van der Waals surface area contributed by atoms with Gasteiger partial charge in [0, 0.05) is 12.1 Å². The highest BCUT2D eigenvalue weighted by Crippen LogP contribution is 2.33. The summed E-state index contributed by atoms with van der Waals surface area (Å²) in [4.78, 5) is 12.6. The first kappa shape index (κ1) is 24.5. The van der Waals surface area contributed by atoms with Crippen LogP contribution in [-0.4, -0.2) is 12.5 Å². The van der Waals surface area contributed by atoms with E-state index in [1.165, 1.54) is 16.7 Å². The normalized spacial score (nSPS) is 11.8. The second-order valence-corrected chi connectivity index (χ2v) is 10.4. The van der Waals surface area contributed by atoms with Crippen molar-refractivity contribution >= 4 is 27.5 Å². The maximum Gasteiger partial charge on any atom is 0.224 e. The molecule has 0 unspecified atom stereocenters. The number of nitrogens with one attached hydrogen (secondary N) is 1. The Kier molecular flexibility index (Phi) is 8.54. The fourth-order valence-electron chi connectivity index (χ4n) is 3.40. The van der Waals surface area contributed by atoms with Gasteiger partial charge in [-0.25, -0.2) is 0 Å². The van der Waals surface area contributed by atoms with Crippen LogP contribution in [0.2, 0.25) is 0 Å². The summed E-state index contributed by atoms with van der Waals surface area (Å²) in [7, 11) is 0. The highest BCUT2D eigenvalue weighted by Gasteiger charge is 2.17. The van der Waals surface area contributed by atoms with Gasteiger partial charge >= 0.3 is 0 Å². The van der Waals surface area contributed by atoms with E-state index in [4.69, 9.17) is 4.74 Å². The Morgan fingerprint density at radius 3 is 2.13 bits per heavy atom. The molecule has 0 fully saturated rings. The molecule has 0 aliphatic heterocycles. The zero-order valence-corrected chi connectivity index (χ0v) is 21.0. The number of rotatable bonds is 8. The van der Waals surface area contributed by atoms with Gasteiger partial charge in [-0.2, -0.15) is 0 Å². The molecule has 0 spiro atoms. The number of carbonyl (C=O) groups is 1. The van der Waals surface area contributed by atoms with Gasteiger partial charge in [0.1, 0.15) is 5.75 Å². The van der Waals surface area contributed by atoms with Gasteiger partial charge in [0.25, 0.3) is 0 Å². The fourth-order valence-corrected chi connectivity index (χ4v) is 3.89. The molecule has 0 aliphatic carbocycles. The highest BCUT2D eigenvalue weighted by atomic mass is 79.9. The summed E-state index contributed by atoms with van der Waals surface area (Å²) in [6, 6.07) is 12.5. The Labute approximate surface area is 190 Å². The molecular formula is C26H36BrNO2. The number of anilines is 1. The van der Waals surface area contributed by atoms with Crippen LogP contribution in [0.3, 0.4) is 0 Å². The van der Waals surface area contributed by atoms with E-state index in [9.17, 15) is 4.79 Å². The number of benzene rings is 2. The molecule has 0 atom stereocenters. The second-order valence-electron chi connectivity index (χ2n) is 9.52. The Morgan fingerprint density at radius 2 is 1.63 bits per heavy atom. The minimum Gasteiger partial charge on any atom is -0.492 e. The number of halogens is 1. The van der Waals surface area contributed by atoms with E-state index >= 15 is 0 Å². The van der Waals surface area contributed by atoms with Gasteiger partial charge in [0.2, 0.25) is 5.91 Å². The van der Waals surface area contributed by atoms with Crippen LogP contribution in [0, 0.1) is 0 Å². The summed E-state index contributed by atoms with van der Waals surface area (Å²) in [5.74, 6) is 1.57. The molecule has 3 nitrogen and oxygen atoms in total. The summed E-state index contributed by atoms with van der Waals surface area (Å²) in [6.07, 6.45) is 1.10. The lowest BCUT2D eigenvalue weighted by atomic mass is 9.87. The second kappa shape index (κ2) is 10.5. The van der Waals surface area contributed by atoms with E-state index in [1.807, 2.05) is 6.07 Å². The molecule has 0 heterocycles. The molecule has 164 valence electrons. The van der Waals surface area contributed by atoms with E-state index < -0.39 is 0 Å². The third kappa shape index (κ3) is 6.60. The van der Waals surface area contributed by atoms with Crippen molar-refractivity contribution in [3.63, 3.8) is 0 Å². The number of ether oxygens (including phenoxy) is 1.